The highest BCUT2D eigenvalue weighted by Crippen LogP contribution is 2.44. The van der Waals surface area contributed by atoms with Gasteiger partial charge in [-0.3, -0.25) is 19.8 Å². The molecule has 1 atom stereocenters. The number of aromatic nitrogens is 3. The van der Waals surface area contributed by atoms with Gasteiger partial charge in [-0.1, -0.05) is 6.07 Å². The van der Waals surface area contributed by atoms with E-state index < -0.39 is 12.0 Å². The topological polar surface area (TPSA) is 97.4 Å². The minimum absolute atomic E-state index is 0.218. The SMILES string of the molecule is CCOC(=O)c1ccc(N2C(=O)c3[nH]nc(-c4ccc(OCC)cc4)c3[C@H]2c2ccccn2)cc1. The molecule has 3 heterocycles. The van der Waals surface area contributed by atoms with Gasteiger partial charge in [-0.25, -0.2) is 4.79 Å². The zero-order valence-corrected chi connectivity index (χ0v) is 19.4. The summed E-state index contributed by atoms with van der Waals surface area (Å²) < 4.78 is 10.6. The Morgan fingerprint density at radius 1 is 1.00 bits per heavy atom. The fraction of sp³-hybridized carbons (Fsp3) is 0.185. The van der Waals surface area contributed by atoms with E-state index in [0.717, 1.165) is 16.9 Å². The molecule has 0 radical (unpaired) electrons. The van der Waals surface area contributed by atoms with Gasteiger partial charge in [-0.2, -0.15) is 5.10 Å². The highest BCUT2D eigenvalue weighted by molar-refractivity contribution is 6.11. The lowest BCUT2D eigenvalue weighted by Crippen LogP contribution is -2.29. The zero-order valence-electron chi connectivity index (χ0n) is 19.4. The molecule has 35 heavy (non-hydrogen) atoms. The summed E-state index contributed by atoms with van der Waals surface area (Å²) in [4.78, 5) is 31.9. The Balaban J connectivity index is 1.58. The molecule has 0 unspecified atom stereocenters. The first-order chi connectivity index (χ1) is 17.1. The second kappa shape index (κ2) is 9.42. The minimum Gasteiger partial charge on any atom is -0.494 e. The molecule has 0 spiro atoms. The number of hydrogen-bond acceptors (Lipinski definition) is 6. The van der Waals surface area contributed by atoms with E-state index in [-0.39, 0.29) is 5.91 Å². The molecule has 1 N–H and O–H groups in total. The highest BCUT2D eigenvalue weighted by atomic mass is 16.5. The number of aromatic amines is 1. The van der Waals surface area contributed by atoms with Crippen molar-refractivity contribution in [1.29, 1.82) is 0 Å². The monoisotopic (exact) mass is 468 g/mol. The number of nitrogens with zero attached hydrogens (tertiary/aromatic N) is 3. The molecule has 2 aromatic heterocycles. The van der Waals surface area contributed by atoms with Gasteiger partial charge in [-0.05, 0) is 74.5 Å². The van der Waals surface area contributed by atoms with E-state index in [4.69, 9.17) is 9.47 Å². The fourth-order valence-corrected chi connectivity index (χ4v) is 4.30. The number of anilines is 1. The Bertz CT molecular complexity index is 1350. The fourth-order valence-electron chi connectivity index (χ4n) is 4.30. The Labute approximate surface area is 202 Å². The van der Waals surface area contributed by atoms with Gasteiger partial charge >= 0.3 is 5.97 Å². The van der Waals surface area contributed by atoms with Gasteiger partial charge in [0.25, 0.3) is 5.91 Å². The van der Waals surface area contributed by atoms with Crippen LogP contribution in [0.2, 0.25) is 0 Å². The molecule has 1 amide bonds. The van der Waals surface area contributed by atoms with Crippen LogP contribution in [0, 0.1) is 0 Å². The number of ether oxygens (including phenoxy) is 2. The third-order valence-corrected chi connectivity index (χ3v) is 5.83. The van der Waals surface area contributed by atoms with Crippen molar-refractivity contribution < 1.29 is 19.1 Å². The molecule has 8 heteroatoms. The number of esters is 1. The third-order valence-electron chi connectivity index (χ3n) is 5.83. The maximum absolute atomic E-state index is 13.6. The van der Waals surface area contributed by atoms with Crippen molar-refractivity contribution in [1.82, 2.24) is 15.2 Å². The predicted octanol–water partition coefficient (Wildman–Crippen LogP) is 4.80. The van der Waals surface area contributed by atoms with Crippen molar-refractivity contribution in [2.75, 3.05) is 18.1 Å². The summed E-state index contributed by atoms with van der Waals surface area (Å²) in [6, 6.07) is 19.6. The standard InChI is InChI=1S/C27H24N4O4/c1-3-34-20-14-10-17(11-15-20)23-22-24(30-29-23)26(32)31(25(22)21-7-5-6-16-28-21)19-12-8-18(9-13-19)27(33)35-4-2/h5-16,25H,3-4H2,1-2H3,(H,29,30)/t25-/m1/s1. The maximum atomic E-state index is 13.6. The molecule has 5 rings (SSSR count). The van der Waals surface area contributed by atoms with Crippen LogP contribution in [-0.4, -0.2) is 40.3 Å². The second-order valence-corrected chi connectivity index (χ2v) is 7.92. The molecule has 8 nitrogen and oxygen atoms in total. The van der Waals surface area contributed by atoms with Crippen LogP contribution in [0.3, 0.4) is 0 Å². The van der Waals surface area contributed by atoms with E-state index in [1.165, 1.54) is 0 Å². The van der Waals surface area contributed by atoms with Gasteiger partial charge in [0, 0.05) is 23.0 Å². The van der Waals surface area contributed by atoms with Gasteiger partial charge in [-0.15, -0.1) is 0 Å². The van der Waals surface area contributed by atoms with Crippen LogP contribution in [0.4, 0.5) is 5.69 Å². The zero-order chi connectivity index (χ0) is 24.4. The first kappa shape index (κ1) is 22.3. The molecule has 176 valence electrons. The average molecular weight is 469 g/mol. The number of pyridine rings is 1. The lowest BCUT2D eigenvalue weighted by atomic mass is 9.99. The molecule has 0 saturated heterocycles. The summed E-state index contributed by atoms with van der Waals surface area (Å²) in [6.07, 6.45) is 1.70. The lowest BCUT2D eigenvalue weighted by molar-refractivity contribution is 0.0526. The average Bonchev–Trinajstić information content (AvgIpc) is 3.44. The van der Waals surface area contributed by atoms with Crippen LogP contribution in [-0.2, 0) is 4.74 Å². The Hall–Kier alpha value is -4.46. The molecular formula is C27H24N4O4. The van der Waals surface area contributed by atoms with Crippen LogP contribution in [0.1, 0.15) is 52.0 Å². The van der Waals surface area contributed by atoms with Gasteiger partial charge in [0.05, 0.1) is 30.2 Å². The Morgan fingerprint density at radius 2 is 1.77 bits per heavy atom. The normalized spacial score (nSPS) is 14.6. The van der Waals surface area contributed by atoms with Gasteiger partial charge in [0.2, 0.25) is 0 Å². The van der Waals surface area contributed by atoms with E-state index >= 15 is 0 Å². The summed E-state index contributed by atoms with van der Waals surface area (Å²) in [5.41, 5.74) is 4.48. The van der Waals surface area contributed by atoms with Crippen LogP contribution in [0.15, 0.2) is 72.9 Å². The Morgan fingerprint density at radius 3 is 2.43 bits per heavy atom. The van der Waals surface area contributed by atoms with E-state index in [0.29, 0.717) is 41.5 Å². The number of nitrogens with one attached hydrogen (secondary N) is 1. The lowest BCUT2D eigenvalue weighted by Gasteiger charge is -2.25. The number of fused-ring (bicyclic) bond motifs is 1. The van der Waals surface area contributed by atoms with Crippen LogP contribution >= 0.6 is 0 Å². The van der Waals surface area contributed by atoms with E-state index in [1.807, 2.05) is 49.4 Å². The first-order valence-corrected chi connectivity index (χ1v) is 11.5. The van der Waals surface area contributed by atoms with E-state index in [1.54, 1.807) is 42.3 Å². The Kier molecular flexibility index (Phi) is 6.01. The summed E-state index contributed by atoms with van der Waals surface area (Å²) in [5.74, 6) is 0.147. The number of amides is 1. The molecular weight excluding hydrogens is 444 g/mol. The van der Waals surface area contributed by atoms with Crippen molar-refractivity contribution in [2.45, 2.75) is 19.9 Å². The number of H-pyrrole nitrogens is 1. The number of carbonyl (C=O) groups is 2. The van der Waals surface area contributed by atoms with Crippen molar-refractivity contribution in [3.63, 3.8) is 0 Å². The largest absolute Gasteiger partial charge is 0.494 e. The summed E-state index contributed by atoms with van der Waals surface area (Å²) in [7, 11) is 0. The maximum Gasteiger partial charge on any atom is 0.338 e. The summed E-state index contributed by atoms with van der Waals surface area (Å²) in [5, 5.41) is 7.44. The number of rotatable bonds is 7. The van der Waals surface area contributed by atoms with Crippen molar-refractivity contribution in [3.8, 4) is 17.0 Å². The molecule has 0 fully saturated rings. The molecule has 1 aliphatic rings. The predicted molar refractivity (Wildman–Crippen MR) is 130 cm³/mol. The van der Waals surface area contributed by atoms with E-state index in [9.17, 15) is 9.59 Å². The molecule has 1 aliphatic heterocycles. The van der Waals surface area contributed by atoms with Crippen LogP contribution in [0.5, 0.6) is 5.75 Å². The van der Waals surface area contributed by atoms with Crippen molar-refractivity contribution in [3.05, 3.63) is 95.4 Å². The molecule has 0 saturated carbocycles. The van der Waals surface area contributed by atoms with Crippen LogP contribution < -0.4 is 9.64 Å². The van der Waals surface area contributed by atoms with Gasteiger partial charge in [0.1, 0.15) is 17.5 Å². The minimum atomic E-state index is -0.493. The number of hydrogen-bond donors (Lipinski definition) is 1. The molecule has 2 aromatic carbocycles. The third kappa shape index (κ3) is 4.03. The van der Waals surface area contributed by atoms with Crippen LogP contribution in [0.25, 0.3) is 11.3 Å². The van der Waals surface area contributed by atoms with Gasteiger partial charge < -0.3 is 9.47 Å². The first-order valence-electron chi connectivity index (χ1n) is 11.5. The number of carbonyl (C=O) groups excluding carboxylic acids is 2. The molecule has 0 bridgehead atoms. The second-order valence-electron chi connectivity index (χ2n) is 7.92. The van der Waals surface area contributed by atoms with Crippen molar-refractivity contribution >= 4 is 17.6 Å². The van der Waals surface area contributed by atoms with E-state index in [2.05, 4.69) is 15.2 Å². The van der Waals surface area contributed by atoms with Crippen molar-refractivity contribution in [2.24, 2.45) is 0 Å². The number of benzene rings is 2. The highest BCUT2D eigenvalue weighted by Gasteiger charge is 2.43. The summed E-state index contributed by atoms with van der Waals surface area (Å²) >= 11 is 0. The summed E-state index contributed by atoms with van der Waals surface area (Å²) in [6.45, 7) is 4.57. The molecule has 0 aliphatic carbocycles. The smallest absolute Gasteiger partial charge is 0.338 e. The van der Waals surface area contributed by atoms with Gasteiger partial charge in [0.15, 0.2) is 0 Å². The molecule has 4 aromatic rings. The quantitative estimate of drug-likeness (QED) is 0.392.